The second-order valence-electron chi connectivity index (χ2n) is 5.53. The zero-order valence-corrected chi connectivity index (χ0v) is 15.8. The van der Waals surface area contributed by atoms with Crippen LogP contribution in [-0.2, 0) is 4.79 Å². The molecule has 0 aromatic heterocycles. The molecule has 0 amide bonds. The molecule has 1 aromatic carbocycles. The topological polar surface area (TPSA) is 67.8 Å². The number of carbonyl (C=O) groups is 1. The van der Waals surface area contributed by atoms with Crippen molar-refractivity contribution in [3.63, 3.8) is 0 Å². The number of carboxylic acid groups (broad SMARTS) is 1. The van der Waals surface area contributed by atoms with Gasteiger partial charge in [-0.15, -0.1) is 0 Å². The van der Waals surface area contributed by atoms with Gasteiger partial charge >= 0.3 is 0 Å². The molecule has 0 spiro atoms. The molecule has 3 nitrogen and oxygen atoms in total. The van der Waals surface area contributed by atoms with E-state index in [-0.39, 0.29) is 0 Å². The lowest BCUT2D eigenvalue weighted by molar-refractivity contribution is -0.368. The van der Waals surface area contributed by atoms with Crippen LogP contribution in [0.1, 0.15) is 63.9 Å². The molecule has 0 saturated carbocycles. The van der Waals surface area contributed by atoms with Gasteiger partial charge in [-0.2, -0.15) is 0 Å². The quantitative estimate of drug-likeness (QED) is 0.495. The third-order valence-corrected chi connectivity index (χ3v) is 3.91. The van der Waals surface area contributed by atoms with Crippen molar-refractivity contribution >= 4 is 28.0 Å². The maximum Gasteiger partial charge on any atom is 0.0739 e. The first-order valence-corrected chi connectivity index (χ1v) is 9.33. The summed E-state index contributed by atoms with van der Waals surface area (Å²) in [7, 11) is 0. The zero-order chi connectivity index (χ0) is 17.3. The van der Waals surface area contributed by atoms with E-state index in [9.17, 15) is 9.90 Å². The van der Waals surface area contributed by atoms with Gasteiger partial charge in [0.1, 0.15) is 0 Å². The molecule has 23 heavy (non-hydrogen) atoms. The first-order chi connectivity index (χ1) is 11.1. The molecular formula is C19H30BrNO2. The molecule has 0 radical (unpaired) electrons. The van der Waals surface area contributed by atoms with Crippen LogP contribution in [-0.4, -0.2) is 12.5 Å². The van der Waals surface area contributed by atoms with Crippen molar-refractivity contribution in [1.29, 1.82) is 0 Å². The Balaban J connectivity index is 0.000000423. The molecule has 3 N–H and O–H groups in total. The van der Waals surface area contributed by atoms with Crippen LogP contribution < -0.4 is 10.8 Å². The van der Waals surface area contributed by atoms with E-state index >= 15 is 0 Å². The predicted octanol–water partition coefficient (Wildman–Crippen LogP) is 3.58. The van der Waals surface area contributed by atoms with E-state index in [2.05, 4.69) is 28.6 Å². The number of carbonyl (C=O) groups excluding carboxylic acids is 1. The van der Waals surface area contributed by atoms with Crippen LogP contribution in [0.15, 0.2) is 34.8 Å². The van der Waals surface area contributed by atoms with E-state index in [0.717, 1.165) is 22.7 Å². The van der Waals surface area contributed by atoms with Gasteiger partial charge in [-0.3, -0.25) is 0 Å². The summed E-state index contributed by atoms with van der Waals surface area (Å²) in [5.74, 6) is -1.18. The van der Waals surface area contributed by atoms with Crippen molar-refractivity contribution in [3.8, 4) is 0 Å². The molecular weight excluding hydrogens is 354 g/mol. The minimum absolute atomic E-state index is 0.836. The second kappa shape index (κ2) is 15.8. The van der Waals surface area contributed by atoms with Crippen LogP contribution in [0.2, 0.25) is 0 Å². The number of rotatable bonds is 10. The van der Waals surface area contributed by atoms with E-state index < -0.39 is 5.97 Å². The lowest BCUT2D eigenvalue weighted by Crippen LogP contribution is -2.50. The van der Waals surface area contributed by atoms with Gasteiger partial charge in [0.15, 0.2) is 0 Å². The molecule has 0 unspecified atom stereocenters. The fourth-order valence-electron chi connectivity index (χ4n) is 2.05. The summed E-state index contributed by atoms with van der Waals surface area (Å²) in [6.45, 7) is 3.39. The predicted molar refractivity (Wildman–Crippen MR) is 98.5 cm³/mol. The molecule has 1 rings (SSSR count). The standard InChI is InChI=1S/C10H23N.C9H7BrO2/c1-2-3-4-5-6-7-8-9-10-11;10-8-4-1-7(2-5-8)3-6-9(11)12/h2-11H2,1H3;1-6H,(H,11,12)/b;6-3+. The number of quaternary nitrogens is 1. The van der Waals surface area contributed by atoms with Crippen molar-refractivity contribution in [1.82, 2.24) is 0 Å². The number of hydrogen-bond donors (Lipinski definition) is 1. The summed E-state index contributed by atoms with van der Waals surface area (Å²) in [5, 5.41) is 10.0. The summed E-state index contributed by atoms with van der Waals surface area (Å²) in [4.78, 5) is 10.0. The largest absolute Gasteiger partial charge is 0.545 e. The van der Waals surface area contributed by atoms with Crippen LogP contribution in [0.5, 0.6) is 0 Å². The van der Waals surface area contributed by atoms with Crippen molar-refractivity contribution in [2.45, 2.75) is 58.3 Å². The van der Waals surface area contributed by atoms with Crippen molar-refractivity contribution < 1.29 is 15.6 Å². The molecule has 0 atom stereocenters. The molecule has 4 heteroatoms. The van der Waals surface area contributed by atoms with Crippen LogP contribution in [0.4, 0.5) is 0 Å². The SMILES string of the molecule is CCCCCCCCCC[NH3+].O=C([O-])/C=C/c1ccc(Br)cc1. The number of halogens is 1. The summed E-state index contributed by atoms with van der Waals surface area (Å²) in [5.41, 5.74) is 4.67. The van der Waals surface area contributed by atoms with Gasteiger partial charge in [0, 0.05) is 4.47 Å². The normalized spacial score (nSPS) is 10.4. The summed E-state index contributed by atoms with van der Waals surface area (Å²) < 4.78 is 0.966. The third kappa shape index (κ3) is 15.5. The van der Waals surface area contributed by atoms with Crippen LogP contribution in [0, 0.1) is 0 Å². The van der Waals surface area contributed by atoms with Gasteiger partial charge in [-0.1, -0.05) is 79.6 Å². The Labute approximate surface area is 149 Å². The molecule has 0 heterocycles. The lowest BCUT2D eigenvalue weighted by Gasteiger charge is -1.98. The second-order valence-corrected chi connectivity index (χ2v) is 6.45. The number of aliphatic carboxylic acids is 1. The Bertz CT molecular complexity index is 422. The molecule has 0 aliphatic carbocycles. The summed E-state index contributed by atoms with van der Waals surface area (Å²) in [6, 6.07) is 7.30. The van der Waals surface area contributed by atoms with Crippen molar-refractivity contribution in [2.75, 3.05) is 6.54 Å². The Kier molecular flexibility index (Phi) is 15.0. The minimum atomic E-state index is -1.18. The zero-order valence-electron chi connectivity index (χ0n) is 14.2. The van der Waals surface area contributed by atoms with Gasteiger partial charge < -0.3 is 15.6 Å². The summed E-state index contributed by atoms with van der Waals surface area (Å²) >= 11 is 3.27. The fraction of sp³-hybridized carbons (Fsp3) is 0.526. The maximum absolute atomic E-state index is 10.0. The Hall–Kier alpha value is -1.13. The fourth-order valence-corrected chi connectivity index (χ4v) is 2.31. The first-order valence-electron chi connectivity index (χ1n) is 8.54. The highest BCUT2D eigenvalue weighted by atomic mass is 79.9. The molecule has 1 aromatic rings. The summed E-state index contributed by atoms with van der Waals surface area (Å²) in [6.07, 6.45) is 13.8. The van der Waals surface area contributed by atoms with Crippen LogP contribution >= 0.6 is 15.9 Å². The molecule has 0 aliphatic heterocycles. The van der Waals surface area contributed by atoms with E-state index in [4.69, 9.17) is 0 Å². The third-order valence-electron chi connectivity index (χ3n) is 3.39. The van der Waals surface area contributed by atoms with E-state index in [1.165, 1.54) is 57.4 Å². The van der Waals surface area contributed by atoms with Gasteiger partial charge in [0.25, 0.3) is 0 Å². The van der Waals surface area contributed by atoms with Crippen molar-refractivity contribution in [3.05, 3.63) is 40.4 Å². The first kappa shape index (κ1) is 21.9. The smallest absolute Gasteiger partial charge is 0.0739 e. The monoisotopic (exact) mass is 383 g/mol. The number of carboxylic acids is 1. The highest BCUT2D eigenvalue weighted by Gasteiger charge is 1.90. The number of benzene rings is 1. The van der Waals surface area contributed by atoms with Gasteiger partial charge in [0.05, 0.1) is 12.5 Å². The van der Waals surface area contributed by atoms with Gasteiger partial charge in [0.2, 0.25) is 0 Å². The molecule has 130 valence electrons. The Morgan fingerprint density at radius 2 is 1.57 bits per heavy atom. The number of unbranched alkanes of at least 4 members (excludes halogenated alkanes) is 7. The molecule has 0 fully saturated rings. The average molecular weight is 384 g/mol. The van der Waals surface area contributed by atoms with Crippen molar-refractivity contribution in [2.24, 2.45) is 0 Å². The van der Waals surface area contributed by atoms with Crippen LogP contribution in [0.3, 0.4) is 0 Å². The molecule has 0 bridgehead atoms. The van der Waals surface area contributed by atoms with E-state index in [1.807, 2.05) is 24.3 Å². The van der Waals surface area contributed by atoms with E-state index in [0.29, 0.717) is 0 Å². The van der Waals surface area contributed by atoms with Crippen LogP contribution in [0.25, 0.3) is 6.08 Å². The highest BCUT2D eigenvalue weighted by molar-refractivity contribution is 9.10. The average Bonchev–Trinajstić information content (AvgIpc) is 2.54. The lowest BCUT2D eigenvalue weighted by atomic mass is 10.1. The Morgan fingerprint density at radius 1 is 1.04 bits per heavy atom. The van der Waals surface area contributed by atoms with Gasteiger partial charge in [-0.05, 0) is 36.6 Å². The van der Waals surface area contributed by atoms with Gasteiger partial charge in [-0.25, -0.2) is 0 Å². The maximum atomic E-state index is 10.0. The highest BCUT2D eigenvalue weighted by Crippen LogP contribution is 2.11. The molecule has 0 aliphatic rings. The minimum Gasteiger partial charge on any atom is -0.545 e. The molecule has 0 saturated heterocycles. The number of hydrogen-bond acceptors (Lipinski definition) is 2. The van der Waals surface area contributed by atoms with E-state index in [1.54, 1.807) is 0 Å². The Morgan fingerprint density at radius 3 is 2.04 bits per heavy atom.